The van der Waals surface area contributed by atoms with Gasteiger partial charge in [0.25, 0.3) is 11.8 Å². The quantitative estimate of drug-likeness (QED) is 0.425. The minimum atomic E-state index is -0.832. The molecule has 7 nitrogen and oxygen atoms in total. The highest BCUT2D eigenvalue weighted by atomic mass is 16.6. The maximum absolute atomic E-state index is 12.3. The van der Waals surface area contributed by atoms with Crippen molar-refractivity contribution >= 4 is 17.8 Å². The van der Waals surface area contributed by atoms with E-state index in [1.54, 1.807) is 49.4 Å². The largest absolute Gasteiger partial charge is 0.482 e. The predicted molar refractivity (Wildman–Crippen MR) is 103 cm³/mol. The molecule has 4 rings (SSSR count). The van der Waals surface area contributed by atoms with Gasteiger partial charge in [-0.3, -0.25) is 14.5 Å². The summed E-state index contributed by atoms with van der Waals surface area (Å²) in [7, 11) is 0. The molecule has 2 atom stereocenters. The number of para-hydroxylation sites is 2. The predicted octanol–water partition coefficient (Wildman–Crippen LogP) is 2.83. The van der Waals surface area contributed by atoms with Crippen molar-refractivity contribution in [1.82, 2.24) is 4.90 Å². The highest BCUT2D eigenvalue weighted by molar-refractivity contribution is 6.21. The van der Waals surface area contributed by atoms with Crippen LogP contribution in [0.5, 0.6) is 11.5 Å². The number of carbonyl (C=O) groups excluding carboxylic acids is 3. The average molecular weight is 395 g/mol. The van der Waals surface area contributed by atoms with E-state index in [2.05, 4.69) is 0 Å². The standard InChI is InChI=1S/C22H21NO6/c1-14-19(29-18-11-5-4-10-17(18)28-14)22(26)27-13-7-6-12-23-20(24)15-8-2-3-9-16(15)21(23)25/h2-5,8-11,14,19H,6-7,12-13H2,1H3/t14-,19-/m1/s1. The van der Waals surface area contributed by atoms with Gasteiger partial charge in [0, 0.05) is 6.54 Å². The molecule has 2 aliphatic rings. The van der Waals surface area contributed by atoms with Gasteiger partial charge in [0.2, 0.25) is 6.10 Å². The van der Waals surface area contributed by atoms with E-state index in [1.165, 1.54) is 4.90 Å². The van der Waals surface area contributed by atoms with Crippen LogP contribution in [-0.4, -0.2) is 48.0 Å². The molecule has 2 aromatic carbocycles. The number of nitrogens with zero attached hydrogens (tertiary/aromatic N) is 1. The van der Waals surface area contributed by atoms with E-state index in [4.69, 9.17) is 14.2 Å². The molecule has 0 saturated heterocycles. The number of rotatable bonds is 6. The van der Waals surface area contributed by atoms with E-state index < -0.39 is 18.2 Å². The zero-order valence-corrected chi connectivity index (χ0v) is 16.0. The van der Waals surface area contributed by atoms with Crippen LogP contribution in [-0.2, 0) is 9.53 Å². The first kappa shape index (κ1) is 19.0. The van der Waals surface area contributed by atoms with Gasteiger partial charge in [-0.2, -0.15) is 0 Å². The number of amides is 2. The van der Waals surface area contributed by atoms with E-state index in [1.807, 2.05) is 6.07 Å². The van der Waals surface area contributed by atoms with Gasteiger partial charge in [-0.25, -0.2) is 4.79 Å². The number of carbonyl (C=O) groups is 3. The molecule has 0 unspecified atom stereocenters. The van der Waals surface area contributed by atoms with Gasteiger partial charge >= 0.3 is 5.97 Å². The molecule has 150 valence electrons. The molecule has 29 heavy (non-hydrogen) atoms. The number of imide groups is 1. The van der Waals surface area contributed by atoms with Gasteiger partial charge in [-0.05, 0) is 44.0 Å². The molecule has 0 bridgehead atoms. The number of unbranched alkanes of at least 4 members (excludes halogenated alkanes) is 1. The third kappa shape index (κ3) is 3.68. The Labute approximate surface area is 168 Å². The number of ether oxygens (including phenoxy) is 3. The topological polar surface area (TPSA) is 82.1 Å². The highest BCUT2D eigenvalue weighted by Gasteiger charge is 2.36. The van der Waals surface area contributed by atoms with Crippen molar-refractivity contribution in [3.63, 3.8) is 0 Å². The van der Waals surface area contributed by atoms with Crippen molar-refractivity contribution in [1.29, 1.82) is 0 Å². The Hall–Kier alpha value is -3.35. The Balaban J connectivity index is 1.23. The molecule has 2 amide bonds. The van der Waals surface area contributed by atoms with Crippen LogP contribution in [0.3, 0.4) is 0 Å². The molecular weight excluding hydrogens is 374 g/mol. The monoisotopic (exact) mass is 395 g/mol. The van der Waals surface area contributed by atoms with Gasteiger partial charge in [-0.15, -0.1) is 0 Å². The first-order valence-corrected chi connectivity index (χ1v) is 9.60. The SMILES string of the molecule is C[C@H]1Oc2ccccc2O[C@H]1C(=O)OCCCCN1C(=O)c2ccccc2C1=O. The normalized spacial score (nSPS) is 19.8. The Morgan fingerprint density at radius 2 is 1.52 bits per heavy atom. The van der Waals surface area contributed by atoms with E-state index in [0.717, 1.165) is 0 Å². The lowest BCUT2D eigenvalue weighted by Crippen LogP contribution is -2.44. The van der Waals surface area contributed by atoms with Crippen molar-refractivity contribution in [2.45, 2.75) is 32.0 Å². The molecule has 0 N–H and O–H groups in total. The van der Waals surface area contributed by atoms with Gasteiger partial charge in [0.05, 0.1) is 17.7 Å². The summed E-state index contributed by atoms with van der Waals surface area (Å²) >= 11 is 0. The maximum atomic E-state index is 12.3. The second-order valence-corrected chi connectivity index (χ2v) is 6.99. The van der Waals surface area contributed by atoms with E-state index in [0.29, 0.717) is 35.5 Å². The van der Waals surface area contributed by atoms with Gasteiger partial charge in [0.1, 0.15) is 6.10 Å². The Bertz CT molecular complexity index is 921. The number of hydrogen-bond donors (Lipinski definition) is 0. The summed E-state index contributed by atoms with van der Waals surface area (Å²) in [4.78, 5) is 38.2. The Morgan fingerprint density at radius 1 is 0.931 bits per heavy atom. The zero-order chi connectivity index (χ0) is 20.4. The summed E-state index contributed by atoms with van der Waals surface area (Å²) in [5.41, 5.74) is 0.875. The summed E-state index contributed by atoms with van der Waals surface area (Å²) < 4.78 is 16.7. The van der Waals surface area contributed by atoms with Gasteiger partial charge < -0.3 is 14.2 Å². The molecule has 2 aliphatic heterocycles. The summed E-state index contributed by atoms with van der Waals surface area (Å²) in [6.07, 6.45) is -0.228. The number of fused-ring (bicyclic) bond motifs is 2. The first-order chi connectivity index (χ1) is 14.1. The Kier molecular flexibility index (Phi) is 5.20. The van der Waals surface area contributed by atoms with Crippen molar-refractivity contribution in [3.8, 4) is 11.5 Å². The van der Waals surface area contributed by atoms with E-state index >= 15 is 0 Å². The molecule has 2 aromatic rings. The van der Waals surface area contributed by atoms with Crippen LogP contribution in [0.4, 0.5) is 0 Å². The van der Waals surface area contributed by atoms with Crippen LogP contribution in [0.1, 0.15) is 40.5 Å². The molecule has 7 heteroatoms. The van der Waals surface area contributed by atoms with E-state index in [-0.39, 0.29) is 25.0 Å². The van der Waals surface area contributed by atoms with Crippen molar-refractivity contribution in [2.75, 3.05) is 13.2 Å². The number of esters is 1. The lowest BCUT2D eigenvalue weighted by molar-refractivity contribution is -0.157. The van der Waals surface area contributed by atoms with Crippen molar-refractivity contribution in [3.05, 3.63) is 59.7 Å². The van der Waals surface area contributed by atoms with Gasteiger partial charge in [0.15, 0.2) is 11.5 Å². The average Bonchev–Trinajstić information content (AvgIpc) is 2.98. The van der Waals surface area contributed by atoms with Crippen LogP contribution >= 0.6 is 0 Å². The molecule has 0 saturated carbocycles. The maximum Gasteiger partial charge on any atom is 0.351 e. The van der Waals surface area contributed by atoms with Crippen molar-refractivity contribution < 1.29 is 28.6 Å². The van der Waals surface area contributed by atoms with E-state index in [9.17, 15) is 14.4 Å². The Morgan fingerprint density at radius 3 is 2.17 bits per heavy atom. The molecule has 0 radical (unpaired) electrons. The van der Waals surface area contributed by atoms with Gasteiger partial charge in [-0.1, -0.05) is 24.3 Å². The summed E-state index contributed by atoms with van der Waals surface area (Å²) in [6, 6.07) is 14.0. The second-order valence-electron chi connectivity index (χ2n) is 6.99. The van der Waals surface area contributed by atoms with Crippen LogP contribution in [0.15, 0.2) is 48.5 Å². The molecular formula is C22H21NO6. The second kappa shape index (κ2) is 7.95. The third-order valence-corrected chi connectivity index (χ3v) is 4.97. The number of benzene rings is 2. The fourth-order valence-corrected chi connectivity index (χ4v) is 3.45. The summed E-state index contributed by atoms with van der Waals surface area (Å²) in [5, 5.41) is 0. The fraction of sp³-hybridized carbons (Fsp3) is 0.318. The summed E-state index contributed by atoms with van der Waals surface area (Å²) in [5.74, 6) is 0.0709. The van der Waals surface area contributed by atoms with Crippen LogP contribution in [0.2, 0.25) is 0 Å². The minimum absolute atomic E-state index is 0.177. The van der Waals surface area contributed by atoms with Crippen LogP contribution in [0.25, 0.3) is 0 Å². The third-order valence-electron chi connectivity index (χ3n) is 4.97. The summed E-state index contributed by atoms with van der Waals surface area (Å²) in [6.45, 7) is 2.22. The fourth-order valence-electron chi connectivity index (χ4n) is 3.45. The number of hydrogen-bond acceptors (Lipinski definition) is 6. The lowest BCUT2D eigenvalue weighted by Gasteiger charge is -2.30. The van der Waals surface area contributed by atoms with Crippen LogP contribution < -0.4 is 9.47 Å². The molecule has 2 heterocycles. The molecule has 0 fully saturated rings. The van der Waals surface area contributed by atoms with Crippen LogP contribution in [0, 0.1) is 0 Å². The molecule has 0 aromatic heterocycles. The minimum Gasteiger partial charge on any atom is -0.482 e. The molecule has 0 spiro atoms. The highest BCUT2D eigenvalue weighted by Crippen LogP contribution is 2.33. The molecule has 0 aliphatic carbocycles. The zero-order valence-electron chi connectivity index (χ0n) is 16.0. The first-order valence-electron chi connectivity index (χ1n) is 9.60. The smallest absolute Gasteiger partial charge is 0.351 e. The lowest BCUT2D eigenvalue weighted by atomic mass is 10.1. The van der Waals surface area contributed by atoms with Crippen molar-refractivity contribution in [2.24, 2.45) is 0 Å².